The highest BCUT2D eigenvalue weighted by Crippen LogP contribution is 2.41. The Hall–Kier alpha value is -1.74. The van der Waals surface area contributed by atoms with Gasteiger partial charge < -0.3 is 5.32 Å². The maximum absolute atomic E-state index is 13.7. The third-order valence-electron chi connectivity index (χ3n) is 5.35. The molecule has 120 valence electrons. The van der Waals surface area contributed by atoms with E-state index in [2.05, 4.69) is 5.32 Å². The summed E-state index contributed by atoms with van der Waals surface area (Å²) in [6, 6.07) is 10.4. The number of halogens is 2. The zero-order valence-corrected chi connectivity index (χ0v) is 13.1. The van der Waals surface area contributed by atoms with E-state index in [0.29, 0.717) is 5.92 Å². The molecule has 2 aromatic carbocycles. The summed E-state index contributed by atoms with van der Waals surface area (Å²) in [5.41, 5.74) is 4.62. The minimum absolute atomic E-state index is 0.179. The van der Waals surface area contributed by atoms with Crippen LogP contribution in [0.1, 0.15) is 41.0 Å². The molecular weight excluding hydrogens is 292 g/mol. The van der Waals surface area contributed by atoms with Crippen molar-refractivity contribution in [3.63, 3.8) is 0 Å². The second kappa shape index (κ2) is 6.04. The molecule has 1 heterocycles. The van der Waals surface area contributed by atoms with Crippen LogP contribution in [0.25, 0.3) is 0 Å². The van der Waals surface area contributed by atoms with Crippen LogP contribution in [0.3, 0.4) is 0 Å². The molecule has 0 bridgehead atoms. The summed E-state index contributed by atoms with van der Waals surface area (Å²) in [6.07, 6.45) is 3.87. The topological polar surface area (TPSA) is 12.0 Å². The first-order valence-corrected chi connectivity index (χ1v) is 8.50. The molecule has 1 fully saturated rings. The van der Waals surface area contributed by atoms with Crippen molar-refractivity contribution in [1.29, 1.82) is 0 Å². The molecule has 1 unspecified atom stereocenters. The quantitative estimate of drug-likeness (QED) is 0.832. The summed E-state index contributed by atoms with van der Waals surface area (Å²) >= 11 is 0. The number of nitrogens with one attached hydrogen (secondary N) is 1. The van der Waals surface area contributed by atoms with Crippen LogP contribution in [0.2, 0.25) is 0 Å². The Morgan fingerprint density at radius 2 is 1.48 bits per heavy atom. The Labute approximate surface area is 135 Å². The average molecular weight is 313 g/mol. The van der Waals surface area contributed by atoms with Crippen molar-refractivity contribution in [3.05, 3.63) is 70.3 Å². The van der Waals surface area contributed by atoms with E-state index in [1.54, 1.807) is 24.3 Å². The van der Waals surface area contributed by atoms with E-state index < -0.39 is 0 Å². The summed E-state index contributed by atoms with van der Waals surface area (Å²) in [7, 11) is 0. The van der Waals surface area contributed by atoms with Crippen molar-refractivity contribution in [2.24, 2.45) is 5.92 Å². The van der Waals surface area contributed by atoms with Gasteiger partial charge in [0.2, 0.25) is 0 Å². The predicted molar refractivity (Wildman–Crippen MR) is 87.6 cm³/mol. The monoisotopic (exact) mass is 313 g/mol. The normalized spacial score (nSPS) is 21.4. The van der Waals surface area contributed by atoms with Gasteiger partial charge in [-0.25, -0.2) is 8.78 Å². The van der Waals surface area contributed by atoms with E-state index >= 15 is 0 Å². The fraction of sp³-hybridized carbons (Fsp3) is 0.400. The van der Waals surface area contributed by atoms with E-state index in [4.69, 9.17) is 0 Å². The summed E-state index contributed by atoms with van der Waals surface area (Å²) < 4.78 is 27.4. The van der Waals surface area contributed by atoms with Gasteiger partial charge in [0.1, 0.15) is 11.6 Å². The van der Waals surface area contributed by atoms with Crippen molar-refractivity contribution in [3.8, 4) is 0 Å². The van der Waals surface area contributed by atoms with Gasteiger partial charge in [-0.1, -0.05) is 12.1 Å². The first-order chi connectivity index (χ1) is 11.2. The van der Waals surface area contributed by atoms with Gasteiger partial charge in [-0.2, -0.15) is 0 Å². The van der Waals surface area contributed by atoms with Crippen LogP contribution < -0.4 is 5.32 Å². The van der Waals surface area contributed by atoms with Crippen molar-refractivity contribution in [1.82, 2.24) is 5.32 Å². The van der Waals surface area contributed by atoms with E-state index in [-0.39, 0.29) is 17.6 Å². The van der Waals surface area contributed by atoms with Gasteiger partial charge in [-0.15, -0.1) is 0 Å². The Bertz CT molecular complexity index is 666. The standard InChI is InChI=1S/C20H21F2N/c21-16-5-7-18-13(10-16)3-4-14-11-17(22)6-8-19(14)20(18)15-2-1-9-23-12-15/h5-8,10-11,15,20,23H,1-4,9,12H2. The molecule has 0 radical (unpaired) electrons. The molecule has 3 heteroatoms. The SMILES string of the molecule is Fc1ccc2c(c1)CCc1cc(F)ccc1C2C1CCCNC1. The largest absolute Gasteiger partial charge is 0.316 e. The van der Waals surface area contributed by atoms with Crippen molar-refractivity contribution in [2.75, 3.05) is 13.1 Å². The number of hydrogen-bond acceptors (Lipinski definition) is 1. The maximum atomic E-state index is 13.7. The Balaban J connectivity index is 1.86. The lowest BCUT2D eigenvalue weighted by atomic mass is 9.76. The lowest BCUT2D eigenvalue weighted by molar-refractivity contribution is 0.345. The highest BCUT2D eigenvalue weighted by atomic mass is 19.1. The Morgan fingerprint density at radius 1 is 0.870 bits per heavy atom. The van der Waals surface area contributed by atoms with Gasteiger partial charge in [-0.3, -0.25) is 0 Å². The van der Waals surface area contributed by atoms with Gasteiger partial charge in [-0.05, 0) is 91.2 Å². The average Bonchev–Trinajstić information content (AvgIpc) is 2.72. The van der Waals surface area contributed by atoms with E-state index in [1.807, 2.05) is 12.1 Å². The molecule has 1 saturated heterocycles. The predicted octanol–water partition coefficient (Wildman–Crippen LogP) is 4.19. The third-order valence-corrected chi connectivity index (χ3v) is 5.35. The molecular formula is C20H21F2N. The molecule has 1 N–H and O–H groups in total. The van der Waals surface area contributed by atoms with Gasteiger partial charge in [0.15, 0.2) is 0 Å². The van der Waals surface area contributed by atoms with Crippen molar-refractivity contribution < 1.29 is 8.78 Å². The van der Waals surface area contributed by atoms with Crippen LogP contribution in [0.4, 0.5) is 8.78 Å². The Kier molecular flexibility index (Phi) is 3.90. The van der Waals surface area contributed by atoms with Gasteiger partial charge in [0, 0.05) is 5.92 Å². The van der Waals surface area contributed by atoms with E-state index in [0.717, 1.165) is 49.9 Å². The zero-order chi connectivity index (χ0) is 15.8. The van der Waals surface area contributed by atoms with Gasteiger partial charge >= 0.3 is 0 Å². The van der Waals surface area contributed by atoms with Crippen molar-refractivity contribution >= 4 is 0 Å². The number of rotatable bonds is 1. The zero-order valence-electron chi connectivity index (χ0n) is 13.1. The molecule has 1 aliphatic heterocycles. The molecule has 0 spiro atoms. The molecule has 1 aliphatic carbocycles. The van der Waals surface area contributed by atoms with Gasteiger partial charge in [0.05, 0.1) is 0 Å². The van der Waals surface area contributed by atoms with Crippen LogP contribution in [0.15, 0.2) is 36.4 Å². The highest BCUT2D eigenvalue weighted by Gasteiger charge is 2.31. The Morgan fingerprint density at radius 3 is 2.00 bits per heavy atom. The fourth-order valence-electron chi connectivity index (χ4n) is 4.30. The molecule has 2 aromatic rings. The fourth-order valence-corrected chi connectivity index (χ4v) is 4.30. The first kappa shape index (κ1) is 14.8. The van der Waals surface area contributed by atoms with Crippen LogP contribution in [0.5, 0.6) is 0 Å². The lowest BCUT2D eigenvalue weighted by Crippen LogP contribution is -2.34. The molecule has 0 amide bonds. The molecule has 4 rings (SSSR count). The van der Waals surface area contributed by atoms with Crippen LogP contribution >= 0.6 is 0 Å². The summed E-state index contributed by atoms with van der Waals surface area (Å²) in [6.45, 7) is 2.04. The molecule has 2 aliphatic rings. The molecule has 0 aromatic heterocycles. The molecule has 1 atom stereocenters. The minimum Gasteiger partial charge on any atom is -0.316 e. The number of piperidine rings is 1. The number of hydrogen-bond donors (Lipinski definition) is 1. The minimum atomic E-state index is -0.179. The highest BCUT2D eigenvalue weighted by molar-refractivity contribution is 5.46. The number of fused-ring (bicyclic) bond motifs is 2. The first-order valence-electron chi connectivity index (χ1n) is 8.50. The van der Waals surface area contributed by atoms with E-state index in [9.17, 15) is 8.78 Å². The molecule has 23 heavy (non-hydrogen) atoms. The lowest BCUT2D eigenvalue weighted by Gasteiger charge is -2.32. The maximum Gasteiger partial charge on any atom is 0.123 e. The summed E-state index contributed by atoms with van der Waals surface area (Å²) in [5, 5.41) is 3.49. The second-order valence-electron chi connectivity index (χ2n) is 6.77. The smallest absolute Gasteiger partial charge is 0.123 e. The third kappa shape index (κ3) is 2.78. The second-order valence-corrected chi connectivity index (χ2v) is 6.77. The number of aryl methyl sites for hydroxylation is 2. The number of benzene rings is 2. The van der Waals surface area contributed by atoms with Crippen LogP contribution in [0, 0.1) is 17.6 Å². The molecule has 1 nitrogen and oxygen atoms in total. The van der Waals surface area contributed by atoms with E-state index in [1.165, 1.54) is 11.1 Å². The molecule has 0 saturated carbocycles. The van der Waals surface area contributed by atoms with Crippen molar-refractivity contribution in [2.45, 2.75) is 31.6 Å². The van der Waals surface area contributed by atoms with Crippen LogP contribution in [-0.2, 0) is 12.8 Å². The summed E-state index contributed by atoms with van der Waals surface area (Å²) in [5.74, 6) is 0.356. The van der Waals surface area contributed by atoms with Crippen LogP contribution in [-0.4, -0.2) is 13.1 Å². The summed E-state index contributed by atoms with van der Waals surface area (Å²) in [4.78, 5) is 0. The van der Waals surface area contributed by atoms with Gasteiger partial charge in [0.25, 0.3) is 0 Å².